The minimum absolute atomic E-state index is 0.0194. The Morgan fingerprint density at radius 2 is 1.82 bits per heavy atom. The molecule has 2 heteroatoms. The predicted octanol–water partition coefficient (Wildman–Crippen LogP) is 1.90. The van der Waals surface area contributed by atoms with Crippen LogP contribution >= 0.6 is 0 Å². The molecule has 0 fully saturated rings. The number of unbranched alkanes of at least 4 members (excludes halogenated alkanes) is 2. The summed E-state index contributed by atoms with van der Waals surface area (Å²) in [6, 6.07) is 0. The minimum Gasteiger partial charge on any atom is -0.366 e. The van der Waals surface area contributed by atoms with E-state index in [-0.39, 0.29) is 5.92 Å². The summed E-state index contributed by atoms with van der Waals surface area (Å²) >= 11 is 0. The van der Waals surface area contributed by atoms with Gasteiger partial charge in [-0.25, -0.2) is 0 Å². The first-order valence-corrected chi connectivity index (χ1v) is 4.43. The molecule has 2 nitrogen and oxygen atoms in total. The van der Waals surface area contributed by atoms with Crippen LogP contribution in [0, 0.1) is 5.92 Å². The maximum Gasteiger partial charge on any atom is 0.162 e. The van der Waals surface area contributed by atoms with Crippen LogP contribution < -0.4 is 0 Å². The van der Waals surface area contributed by atoms with E-state index in [1.165, 1.54) is 19.8 Å². The van der Waals surface area contributed by atoms with Gasteiger partial charge in [0.05, 0.1) is 0 Å². The Hall–Kier alpha value is -0.0800. The third kappa shape index (κ3) is 5.22. The topological polar surface area (TPSA) is 40.5 Å². The van der Waals surface area contributed by atoms with Crippen molar-refractivity contribution in [2.45, 2.75) is 52.2 Å². The standard InChI is InChI=1S/C9H20O2/c1-4-5-6-7-8(2)9(3,10)11/h8,10-11H,4-7H2,1-3H3. The lowest BCUT2D eigenvalue weighted by molar-refractivity contribution is -0.182. The Balaban J connectivity index is 3.44. The lowest BCUT2D eigenvalue weighted by Crippen LogP contribution is -2.31. The van der Waals surface area contributed by atoms with Gasteiger partial charge in [0.15, 0.2) is 5.79 Å². The molecule has 0 aromatic rings. The summed E-state index contributed by atoms with van der Waals surface area (Å²) in [5.74, 6) is -1.51. The van der Waals surface area contributed by atoms with Gasteiger partial charge in [-0.15, -0.1) is 0 Å². The number of rotatable bonds is 5. The summed E-state index contributed by atoms with van der Waals surface area (Å²) in [4.78, 5) is 0. The number of aliphatic hydroxyl groups is 2. The molecule has 0 aromatic carbocycles. The summed E-state index contributed by atoms with van der Waals surface area (Å²) in [6.45, 7) is 5.46. The number of hydrogen-bond donors (Lipinski definition) is 2. The van der Waals surface area contributed by atoms with Crippen LogP contribution in [0.3, 0.4) is 0 Å². The van der Waals surface area contributed by atoms with Gasteiger partial charge in [0.25, 0.3) is 0 Å². The number of hydrogen-bond acceptors (Lipinski definition) is 2. The molecule has 1 unspecified atom stereocenters. The zero-order valence-electron chi connectivity index (χ0n) is 7.80. The van der Waals surface area contributed by atoms with Gasteiger partial charge in [-0.3, -0.25) is 0 Å². The maximum absolute atomic E-state index is 9.14. The van der Waals surface area contributed by atoms with E-state index < -0.39 is 5.79 Å². The van der Waals surface area contributed by atoms with Crippen LogP contribution in [-0.2, 0) is 0 Å². The Morgan fingerprint density at radius 1 is 1.27 bits per heavy atom. The molecule has 2 N–H and O–H groups in total. The second-order valence-corrected chi connectivity index (χ2v) is 3.49. The Kier molecular flexibility index (Phi) is 4.69. The molecule has 68 valence electrons. The highest BCUT2D eigenvalue weighted by Crippen LogP contribution is 2.19. The van der Waals surface area contributed by atoms with Gasteiger partial charge >= 0.3 is 0 Å². The lowest BCUT2D eigenvalue weighted by atomic mass is 9.96. The molecule has 0 amide bonds. The molecular weight excluding hydrogens is 140 g/mol. The first kappa shape index (κ1) is 10.9. The van der Waals surface area contributed by atoms with Crippen molar-refractivity contribution in [3.05, 3.63) is 0 Å². The molecule has 0 aliphatic rings. The molecule has 0 bridgehead atoms. The van der Waals surface area contributed by atoms with E-state index in [2.05, 4.69) is 6.92 Å². The molecule has 0 aliphatic heterocycles. The average Bonchev–Trinajstić information content (AvgIpc) is 1.86. The van der Waals surface area contributed by atoms with Gasteiger partial charge in [-0.05, 0) is 13.3 Å². The molecule has 0 heterocycles. The molecule has 0 saturated heterocycles. The molecule has 0 aromatic heterocycles. The molecule has 0 radical (unpaired) electrons. The van der Waals surface area contributed by atoms with E-state index in [1.807, 2.05) is 6.92 Å². The Morgan fingerprint density at radius 3 is 2.18 bits per heavy atom. The highest BCUT2D eigenvalue weighted by Gasteiger charge is 2.23. The second kappa shape index (κ2) is 4.73. The quantitative estimate of drug-likeness (QED) is 0.476. The van der Waals surface area contributed by atoms with Gasteiger partial charge in [0.1, 0.15) is 0 Å². The molecule has 0 saturated carbocycles. The van der Waals surface area contributed by atoms with Crippen molar-refractivity contribution in [3.8, 4) is 0 Å². The SMILES string of the molecule is CCCCCC(C)C(C)(O)O. The highest BCUT2D eigenvalue weighted by atomic mass is 16.5. The maximum atomic E-state index is 9.14. The van der Waals surface area contributed by atoms with Crippen molar-refractivity contribution < 1.29 is 10.2 Å². The first-order chi connectivity index (χ1) is 4.98. The normalized spacial score (nSPS) is 15.0. The van der Waals surface area contributed by atoms with E-state index in [4.69, 9.17) is 10.2 Å². The van der Waals surface area contributed by atoms with Crippen molar-refractivity contribution in [2.75, 3.05) is 0 Å². The fourth-order valence-electron chi connectivity index (χ4n) is 0.974. The van der Waals surface area contributed by atoms with E-state index in [0.717, 1.165) is 12.8 Å². The molecule has 1 atom stereocenters. The van der Waals surface area contributed by atoms with Crippen molar-refractivity contribution >= 4 is 0 Å². The largest absolute Gasteiger partial charge is 0.366 e. The second-order valence-electron chi connectivity index (χ2n) is 3.49. The summed E-state index contributed by atoms with van der Waals surface area (Å²) < 4.78 is 0. The van der Waals surface area contributed by atoms with Gasteiger partial charge in [0, 0.05) is 5.92 Å². The van der Waals surface area contributed by atoms with E-state index in [1.54, 1.807) is 0 Å². The van der Waals surface area contributed by atoms with E-state index >= 15 is 0 Å². The summed E-state index contributed by atoms with van der Waals surface area (Å²) in [5.41, 5.74) is 0. The van der Waals surface area contributed by atoms with E-state index in [0.29, 0.717) is 0 Å². The molecule has 0 aliphatic carbocycles. The molecule has 0 spiro atoms. The minimum atomic E-state index is -1.49. The summed E-state index contributed by atoms with van der Waals surface area (Å²) in [5, 5.41) is 18.3. The van der Waals surface area contributed by atoms with E-state index in [9.17, 15) is 0 Å². The third-order valence-corrected chi connectivity index (χ3v) is 2.17. The molecule has 11 heavy (non-hydrogen) atoms. The van der Waals surface area contributed by atoms with Crippen molar-refractivity contribution in [3.63, 3.8) is 0 Å². The van der Waals surface area contributed by atoms with Gasteiger partial charge in [-0.2, -0.15) is 0 Å². The monoisotopic (exact) mass is 160 g/mol. The average molecular weight is 160 g/mol. The van der Waals surface area contributed by atoms with Gasteiger partial charge < -0.3 is 10.2 Å². The van der Waals surface area contributed by atoms with Crippen molar-refractivity contribution in [1.29, 1.82) is 0 Å². The van der Waals surface area contributed by atoms with Crippen LogP contribution in [0.15, 0.2) is 0 Å². The van der Waals surface area contributed by atoms with Crippen LogP contribution in [0.1, 0.15) is 46.5 Å². The molecular formula is C9H20O2. The van der Waals surface area contributed by atoms with Crippen molar-refractivity contribution in [1.82, 2.24) is 0 Å². The van der Waals surface area contributed by atoms with Crippen LogP contribution in [0.2, 0.25) is 0 Å². The Bertz CT molecular complexity index is 94.2. The zero-order valence-corrected chi connectivity index (χ0v) is 7.80. The fraction of sp³-hybridized carbons (Fsp3) is 1.00. The molecule has 0 rings (SSSR count). The fourth-order valence-corrected chi connectivity index (χ4v) is 0.974. The highest BCUT2D eigenvalue weighted by molar-refractivity contribution is 4.65. The van der Waals surface area contributed by atoms with Crippen molar-refractivity contribution in [2.24, 2.45) is 5.92 Å². The van der Waals surface area contributed by atoms with Gasteiger partial charge in [-0.1, -0.05) is 33.1 Å². The summed E-state index contributed by atoms with van der Waals surface area (Å²) in [6.07, 6.45) is 4.35. The van der Waals surface area contributed by atoms with Crippen LogP contribution in [0.4, 0.5) is 0 Å². The first-order valence-electron chi connectivity index (χ1n) is 4.43. The van der Waals surface area contributed by atoms with Crippen LogP contribution in [0.25, 0.3) is 0 Å². The smallest absolute Gasteiger partial charge is 0.162 e. The Labute approximate surface area is 69.2 Å². The zero-order chi connectivity index (χ0) is 8.91. The summed E-state index contributed by atoms with van der Waals surface area (Å²) in [7, 11) is 0. The van der Waals surface area contributed by atoms with Crippen LogP contribution in [0.5, 0.6) is 0 Å². The lowest BCUT2D eigenvalue weighted by Gasteiger charge is -2.23. The van der Waals surface area contributed by atoms with Crippen LogP contribution in [-0.4, -0.2) is 16.0 Å². The third-order valence-electron chi connectivity index (χ3n) is 2.17. The van der Waals surface area contributed by atoms with Gasteiger partial charge in [0.2, 0.25) is 0 Å². The predicted molar refractivity (Wildman–Crippen MR) is 46.1 cm³/mol.